The highest BCUT2D eigenvalue weighted by Crippen LogP contribution is 2.36. The first kappa shape index (κ1) is 12.7. The number of H-pyrrole nitrogens is 1. The van der Waals surface area contributed by atoms with Gasteiger partial charge in [-0.2, -0.15) is 0 Å². The third-order valence-electron chi connectivity index (χ3n) is 3.45. The Balaban J connectivity index is 0.000000574. The molecule has 18 heavy (non-hydrogen) atoms. The lowest BCUT2D eigenvalue weighted by Gasteiger charge is -2.25. The molecule has 1 aromatic carbocycles. The fourth-order valence-corrected chi connectivity index (χ4v) is 2.29. The normalized spacial score (nSPS) is 14.8. The minimum Gasteiger partial charge on any atom is -0.385 e. The molecule has 3 N–H and O–H groups in total. The van der Waals surface area contributed by atoms with Crippen LogP contribution in [0.1, 0.15) is 44.6 Å². The summed E-state index contributed by atoms with van der Waals surface area (Å²) in [5.74, 6) is 1.11. The van der Waals surface area contributed by atoms with Gasteiger partial charge in [0.2, 0.25) is 0 Å². The highest BCUT2D eigenvalue weighted by molar-refractivity contribution is 5.80. The molecule has 1 aromatic heterocycles. The number of nitrogen functional groups attached to an aromatic ring is 1. The summed E-state index contributed by atoms with van der Waals surface area (Å²) in [7, 11) is 0. The Hall–Kier alpha value is -1.77. The summed E-state index contributed by atoms with van der Waals surface area (Å²) in [6.07, 6.45) is 3.84. The van der Waals surface area contributed by atoms with E-state index in [9.17, 15) is 4.79 Å². The second-order valence-electron chi connectivity index (χ2n) is 4.52. The number of hydrogen-bond donors (Lipinski definition) is 2. The molecule has 0 spiro atoms. The summed E-state index contributed by atoms with van der Waals surface area (Å²) < 4.78 is 0. The summed E-state index contributed by atoms with van der Waals surface area (Å²) in [5, 5.41) is 0.720. The number of benzene rings is 1. The summed E-state index contributed by atoms with van der Waals surface area (Å²) in [6.45, 7) is 4.00. The molecule has 0 atom stereocenters. The van der Waals surface area contributed by atoms with Crippen LogP contribution in [0.5, 0.6) is 0 Å². The van der Waals surface area contributed by atoms with E-state index in [0.29, 0.717) is 11.7 Å². The lowest BCUT2D eigenvalue weighted by atomic mass is 9.80. The summed E-state index contributed by atoms with van der Waals surface area (Å²) in [4.78, 5) is 14.7. The van der Waals surface area contributed by atoms with Crippen molar-refractivity contribution in [2.45, 2.75) is 39.0 Å². The van der Waals surface area contributed by atoms with E-state index in [-0.39, 0.29) is 5.43 Å². The van der Waals surface area contributed by atoms with Gasteiger partial charge in [0.1, 0.15) is 5.82 Å². The molecular weight excluding hydrogens is 224 g/mol. The molecule has 0 radical (unpaired) electrons. The predicted octanol–water partition coefficient (Wildman–Crippen LogP) is 3.40. The number of nitrogens with two attached hydrogens (primary N) is 1. The summed E-state index contributed by atoms with van der Waals surface area (Å²) in [5.41, 5.74) is 7.81. The first-order chi connectivity index (χ1) is 8.74. The maximum atomic E-state index is 11.7. The van der Waals surface area contributed by atoms with Crippen LogP contribution in [-0.2, 0) is 0 Å². The number of nitrogens with one attached hydrogen (secondary N) is 1. The van der Waals surface area contributed by atoms with Crippen LogP contribution in [0.2, 0.25) is 0 Å². The van der Waals surface area contributed by atoms with Gasteiger partial charge in [-0.1, -0.05) is 26.3 Å². The Morgan fingerprint density at radius 2 is 1.94 bits per heavy atom. The van der Waals surface area contributed by atoms with Crippen molar-refractivity contribution < 1.29 is 0 Å². The number of rotatable bonds is 1. The van der Waals surface area contributed by atoms with Crippen molar-refractivity contribution in [1.29, 1.82) is 0 Å². The Kier molecular flexibility index (Phi) is 3.70. The Bertz CT molecular complexity index is 597. The van der Waals surface area contributed by atoms with Gasteiger partial charge in [-0.15, -0.1) is 0 Å². The fraction of sp³-hybridized carbons (Fsp3) is 0.400. The Morgan fingerprint density at radius 3 is 2.56 bits per heavy atom. The molecule has 0 unspecified atom stereocenters. The van der Waals surface area contributed by atoms with Crippen molar-refractivity contribution in [2.75, 3.05) is 5.73 Å². The average molecular weight is 244 g/mol. The minimum atomic E-state index is -0.00795. The molecule has 1 aliphatic carbocycles. The zero-order valence-electron chi connectivity index (χ0n) is 11.0. The first-order valence-corrected chi connectivity index (χ1v) is 6.66. The molecule has 1 fully saturated rings. The monoisotopic (exact) mass is 244 g/mol. The Morgan fingerprint density at radius 1 is 1.22 bits per heavy atom. The molecule has 3 nitrogen and oxygen atoms in total. The number of hydrogen-bond acceptors (Lipinski definition) is 2. The molecule has 0 bridgehead atoms. The van der Waals surface area contributed by atoms with Crippen LogP contribution >= 0.6 is 0 Å². The summed E-state index contributed by atoms with van der Waals surface area (Å²) in [6, 6.07) is 7.47. The number of fused-ring (bicyclic) bond motifs is 1. The molecule has 0 saturated heterocycles. The average Bonchev–Trinajstić information content (AvgIpc) is 2.28. The summed E-state index contributed by atoms with van der Waals surface area (Å²) >= 11 is 0. The van der Waals surface area contributed by atoms with Crippen molar-refractivity contribution >= 4 is 16.7 Å². The predicted molar refractivity (Wildman–Crippen MR) is 76.9 cm³/mol. The van der Waals surface area contributed by atoms with Gasteiger partial charge in [-0.05, 0) is 36.5 Å². The smallest absolute Gasteiger partial charge is 0.191 e. The van der Waals surface area contributed by atoms with E-state index in [1.165, 1.54) is 30.9 Å². The van der Waals surface area contributed by atoms with Gasteiger partial charge >= 0.3 is 0 Å². The van der Waals surface area contributed by atoms with Crippen LogP contribution in [0.25, 0.3) is 10.9 Å². The van der Waals surface area contributed by atoms with Crippen molar-refractivity contribution in [2.24, 2.45) is 0 Å². The molecule has 3 rings (SSSR count). The van der Waals surface area contributed by atoms with E-state index >= 15 is 0 Å². The van der Waals surface area contributed by atoms with Crippen LogP contribution < -0.4 is 11.2 Å². The SMILES string of the molecule is CC.Nc1cc(=O)c2ccc(C3CCC3)cc2[nH]1. The number of aromatic amines is 1. The van der Waals surface area contributed by atoms with Crippen molar-refractivity contribution in [1.82, 2.24) is 4.98 Å². The minimum absolute atomic E-state index is 0.00795. The highest BCUT2D eigenvalue weighted by atomic mass is 16.1. The van der Waals surface area contributed by atoms with Crippen molar-refractivity contribution in [3.8, 4) is 0 Å². The number of pyridine rings is 1. The largest absolute Gasteiger partial charge is 0.385 e. The third-order valence-corrected chi connectivity index (χ3v) is 3.45. The second-order valence-corrected chi connectivity index (χ2v) is 4.52. The zero-order chi connectivity index (χ0) is 13.1. The molecule has 1 heterocycles. The topological polar surface area (TPSA) is 58.9 Å². The van der Waals surface area contributed by atoms with Gasteiger partial charge in [-0.3, -0.25) is 4.79 Å². The highest BCUT2D eigenvalue weighted by Gasteiger charge is 2.19. The van der Waals surface area contributed by atoms with Gasteiger partial charge in [0.15, 0.2) is 5.43 Å². The van der Waals surface area contributed by atoms with E-state index in [4.69, 9.17) is 5.73 Å². The lowest BCUT2D eigenvalue weighted by molar-refractivity contribution is 0.420. The number of aromatic nitrogens is 1. The fourth-order valence-electron chi connectivity index (χ4n) is 2.29. The lowest BCUT2D eigenvalue weighted by Crippen LogP contribution is -2.10. The van der Waals surface area contributed by atoms with Crippen molar-refractivity contribution in [3.63, 3.8) is 0 Å². The third kappa shape index (κ3) is 2.26. The molecule has 0 amide bonds. The van der Waals surface area contributed by atoms with Gasteiger partial charge in [0.25, 0.3) is 0 Å². The van der Waals surface area contributed by atoms with Gasteiger partial charge in [0.05, 0.1) is 5.52 Å². The van der Waals surface area contributed by atoms with Crippen molar-refractivity contribution in [3.05, 3.63) is 40.1 Å². The standard InChI is InChI=1S/C13H14N2O.C2H6/c14-13-7-12(16)10-5-4-9(6-11(10)15-13)8-2-1-3-8;1-2/h4-8H,1-3H2,(H3,14,15,16);1-2H3. The Labute approximate surface area is 107 Å². The quantitative estimate of drug-likeness (QED) is 0.807. The van der Waals surface area contributed by atoms with Gasteiger partial charge in [-0.25, -0.2) is 0 Å². The van der Waals surface area contributed by atoms with Gasteiger partial charge < -0.3 is 10.7 Å². The molecule has 1 saturated carbocycles. The van der Waals surface area contributed by atoms with Crippen LogP contribution in [0, 0.1) is 0 Å². The maximum Gasteiger partial charge on any atom is 0.191 e. The molecule has 96 valence electrons. The molecule has 0 aliphatic heterocycles. The second kappa shape index (κ2) is 5.25. The zero-order valence-corrected chi connectivity index (χ0v) is 11.0. The number of anilines is 1. The van der Waals surface area contributed by atoms with Crippen LogP contribution in [0.15, 0.2) is 29.1 Å². The molecule has 2 aromatic rings. The first-order valence-electron chi connectivity index (χ1n) is 6.66. The van der Waals surface area contributed by atoms with E-state index in [1.54, 1.807) is 0 Å². The van der Waals surface area contributed by atoms with E-state index in [2.05, 4.69) is 17.1 Å². The van der Waals surface area contributed by atoms with Gasteiger partial charge in [0, 0.05) is 11.5 Å². The van der Waals surface area contributed by atoms with E-state index in [1.807, 2.05) is 19.9 Å². The molecular formula is C15H20N2O. The van der Waals surface area contributed by atoms with Crippen LogP contribution in [0.4, 0.5) is 5.82 Å². The van der Waals surface area contributed by atoms with E-state index in [0.717, 1.165) is 10.9 Å². The molecule has 3 heteroatoms. The van der Waals surface area contributed by atoms with E-state index < -0.39 is 0 Å². The van der Waals surface area contributed by atoms with Crippen LogP contribution in [-0.4, -0.2) is 4.98 Å². The molecule has 1 aliphatic rings. The maximum absolute atomic E-state index is 11.7. The van der Waals surface area contributed by atoms with Crippen LogP contribution in [0.3, 0.4) is 0 Å².